The summed E-state index contributed by atoms with van der Waals surface area (Å²) >= 11 is 6.04. The SMILES string of the molecule is CS(=O)(=O)N1CCCc2cc(NC(=O)c3ccccc3Cl)ccc21. The van der Waals surface area contributed by atoms with E-state index >= 15 is 0 Å². The predicted octanol–water partition coefficient (Wildman–Crippen LogP) is 3.30. The molecule has 1 amide bonds. The van der Waals surface area contributed by atoms with Gasteiger partial charge in [0.25, 0.3) is 5.91 Å². The molecule has 7 heteroatoms. The largest absolute Gasteiger partial charge is 0.322 e. The molecule has 126 valence electrons. The van der Waals surface area contributed by atoms with E-state index < -0.39 is 10.0 Å². The summed E-state index contributed by atoms with van der Waals surface area (Å²) in [6.07, 6.45) is 2.73. The van der Waals surface area contributed by atoms with Crippen LogP contribution in [0, 0.1) is 0 Å². The summed E-state index contributed by atoms with van der Waals surface area (Å²) in [6.45, 7) is 0.483. The number of nitrogens with one attached hydrogen (secondary N) is 1. The zero-order valence-electron chi connectivity index (χ0n) is 13.1. The van der Waals surface area contributed by atoms with Crippen molar-refractivity contribution < 1.29 is 13.2 Å². The van der Waals surface area contributed by atoms with Crippen molar-refractivity contribution in [3.8, 4) is 0 Å². The van der Waals surface area contributed by atoms with E-state index in [1.165, 1.54) is 10.6 Å². The van der Waals surface area contributed by atoms with Crippen molar-refractivity contribution in [1.29, 1.82) is 0 Å². The average molecular weight is 365 g/mol. The Kier molecular flexibility index (Phi) is 4.51. The molecule has 0 bridgehead atoms. The quantitative estimate of drug-likeness (QED) is 0.908. The average Bonchev–Trinajstić information content (AvgIpc) is 2.53. The van der Waals surface area contributed by atoms with Crippen LogP contribution in [0.2, 0.25) is 5.02 Å². The number of sulfonamides is 1. The molecule has 0 saturated heterocycles. The maximum Gasteiger partial charge on any atom is 0.257 e. The Bertz CT molecular complexity index is 896. The lowest BCUT2D eigenvalue weighted by atomic mass is 10.0. The first-order chi connectivity index (χ1) is 11.4. The summed E-state index contributed by atoms with van der Waals surface area (Å²) in [4.78, 5) is 12.3. The van der Waals surface area contributed by atoms with E-state index in [-0.39, 0.29) is 5.91 Å². The highest BCUT2D eigenvalue weighted by molar-refractivity contribution is 7.92. The van der Waals surface area contributed by atoms with E-state index in [4.69, 9.17) is 11.6 Å². The number of anilines is 2. The van der Waals surface area contributed by atoms with Gasteiger partial charge in [0.05, 0.1) is 22.5 Å². The van der Waals surface area contributed by atoms with Gasteiger partial charge in [-0.05, 0) is 48.7 Å². The van der Waals surface area contributed by atoms with Gasteiger partial charge in [-0.2, -0.15) is 0 Å². The number of nitrogens with zero attached hydrogens (tertiary/aromatic N) is 1. The zero-order valence-corrected chi connectivity index (χ0v) is 14.7. The molecule has 0 fully saturated rings. The number of benzene rings is 2. The normalized spacial score (nSPS) is 14.2. The lowest BCUT2D eigenvalue weighted by Crippen LogP contribution is -2.34. The van der Waals surface area contributed by atoms with Gasteiger partial charge in [0.1, 0.15) is 0 Å². The zero-order chi connectivity index (χ0) is 17.3. The molecule has 1 aliphatic rings. The lowest BCUT2D eigenvalue weighted by molar-refractivity contribution is 0.102. The molecule has 3 rings (SSSR count). The standard InChI is InChI=1S/C17H17ClN2O3S/c1-24(22,23)20-10-4-5-12-11-13(8-9-16(12)20)19-17(21)14-6-2-3-7-15(14)18/h2-3,6-9,11H,4-5,10H2,1H3,(H,19,21). The highest BCUT2D eigenvalue weighted by atomic mass is 35.5. The van der Waals surface area contributed by atoms with Gasteiger partial charge in [0.2, 0.25) is 10.0 Å². The molecule has 0 saturated carbocycles. The van der Waals surface area contributed by atoms with Crippen molar-refractivity contribution in [2.45, 2.75) is 12.8 Å². The van der Waals surface area contributed by atoms with Crippen molar-refractivity contribution in [2.24, 2.45) is 0 Å². The molecule has 24 heavy (non-hydrogen) atoms. The second kappa shape index (κ2) is 6.45. The molecule has 2 aromatic carbocycles. The van der Waals surface area contributed by atoms with E-state index in [0.717, 1.165) is 18.4 Å². The third-order valence-corrected chi connectivity index (χ3v) is 5.44. The third-order valence-electron chi connectivity index (χ3n) is 3.93. The van der Waals surface area contributed by atoms with Gasteiger partial charge in [0.15, 0.2) is 0 Å². The lowest BCUT2D eigenvalue weighted by Gasteiger charge is -2.29. The molecule has 0 aliphatic carbocycles. The summed E-state index contributed by atoms with van der Waals surface area (Å²) in [7, 11) is -3.30. The molecule has 0 unspecified atom stereocenters. The Morgan fingerprint density at radius 1 is 1.21 bits per heavy atom. The minimum absolute atomic E-state index is 0.295. The molecule has 5 nitrogen and oxygen atoms in total. The van der Waals surface area contributed by atoms with Crippen molar-refractivity contribution in [1.82, 2.24) is 0 Å². The number of rotatable bonds is 3. The Labute approximate surface area is 146 Å². The number of fused-ring (bicyclic) bond motifs is 1. The maximum absolute atomic E-state index is 12.3. The molecular weight excluding hydrogens is 348 g/mol. The summed E-state index contributed by atoms with van der Waals surface area (Å²) in [5.41, 5.74) is 2.60. The van der Waals surface area contributed by atoms with Gasteiger partial charge in [-0.1, -0.05) is 23.7 Å². The summed E-state index contributed by atoms with van der Waals surface area (Å²) in [5, 5.41) is 3.20. The highest BCUT2D eigenvalue weighted by Gasteiger charge is 2.24. The van der Waals surface area contributed by atoms with Gasteiger partial charge < -0.3 is 5.32 Å². The molecule has 1 N–H and O–H groups in total. The van der Waals surface area contributed by atoms with Crippen LogP contribution in [0.1, 0.15) is 22.3 Å². The van der Waals surface area contributed by atoms with E-state index in [9.17, 15) is 13.2 Å². The molecule has 0 radical (unpaired) electrons. The minimum Gasteiger partial charge on any atom is -0.322 e. The number of carbonyl (C=O) groups is 1. The molecule has 2 aromatic rings. The first kappa shape index (κ1) is 16.8. The number of amides is 1. The van der Waals surface area contributed by atoms with Crippen molar-refractivity contribution >= 4 is 38.9 Å². The summed E-state index contributed by atoms with van der Waals surface area (Å²) < 4.78 is 25.2. The van der Waals surface area contributed by atoms with Gasteiger partial charge in [-0.3, -0.25) is 9.10 Å². The number of halogens is 1. The molecule has 0 aromatic heterocycles. The number of hydrogen-bond acceptors (Lipinski definition) is 3. The van der Waals surface area contributed by atoms with Crippen LogP contribution in [0.5, 0.6) is 0 Å². The van der Waals surface area contributed by atoms with Gasteiger partial charge in [-0.25, -0.2) is 8.42 Å². The number of hydrogen-bond donors (Lipinski definition) is 1. The third kappa shape index (κ3) is 3.39. The maximum atomic E-state index is 12.3. The number of carbonyl (C=O) groups excluding carboxylic acids is 1. The first-order valence-corrected chi connectivity index (χ1v) is 9.75. The Morgan fingerprint density at radius 3 is 2.67 bits per heavy atom. The van der Waals surface area contributed by atoms with E-state index in [0.29, 0.717) is 28.5 Å². The van der Waals surface area contributed by atoms with Crippen LogP contribution in [-0.4, -0.2) is 27.1 Å². The van der Waals surface area contributed by atoms with Crippen molar-refractivity contribution in [3.63, 3.8) is 0 Å². The van der Waals surface area contributed by atoms with E-state index in [2.05, 4.69) is 5.32 Å². The van der Waals surface area contributed by atoms with Gasteiger partial charge >= 0.3 is 0 Å². The van der Waals surface area contributed by atoms with Gasteiger partial charge in [-0.15, -0.1) is 0 Å². The van der Waals surface area contributed by atoms with Crippen LogP contribution >= 0.6 is 11.6 Å². The number of aryl methyl sites for hydroxylation is 1. The highest BCUT2D eigenvalue weighted by Crippen LogP contribution is 2.31. The summed E-state index contributed by atoms with van der Waals surface area (Å²) in [6, 6.07) is 12.1. The fourth-order valence-corrected chi connectivity index (χ4v) is 4.05. The van der Waals surface area contributed by atoms with Crippen LogP contribution in [0.15, 0.2) is 42.5 Å². The Hall–Kier alpha value is -2.05. The van der Waals surface area contributed by atoms with Crippen molar-refractivity contribution in [2.75, 3.05) is 22.4 Å². The van der Waals surface area contributed by atoms with Crippen LogP contribution in [-0.2, 0) is 16.4 Å². The Balaban J connectivity index is 1.87. The van der Waals surface area contributed by atoms with Crippen LogP contribution in [0.3, 0.4) is 0 Å². The predicted molar refractivity (Wildman–Crippen MR) is 96.4 cm³/mol. The molecule has 0 atom stereocenters. The molecular formula is C17H17ClN2O3S. The van der Waals surface area contributed by atoms with Crippen LogP contribution in [0.25, 0.3) is 0 Å². The molecule has 1 heterocycles. The smallest absolute Gasteiger partial charge is 0.257 e. The fourth-order valence-electron chi connectivity index (χ4n) is 2.83. The van der Waals surface area contributed by atoms with Crippen LogP contribution < -0.4 is 9.62 Å². The molecule has 0 spiro atoms. The monoisotopic (exact) mass is 364 g/mol. The summed E-state index contributed by atoms with van der Waals surface area (Å²) in [5.74, 6) is -0.295. The fraction of sp³-hybridized carbons (Fsp3) is 0.235. The minimum atomic E-state index is -3.30. The van der Waals surface area contributed by atoms with E-state index in [1.807, 2.05) is 6.07 Å². The second-order valence-corrected chi connectivity index (χ2v) is 8.03. The molecule has 1 aliphatic heterocycles. The van der Waals surface area contributed by atoms with Gasteiger partial charge in [0, 0.05) is 12.2 Å². The van der Waals surface area contributed by atoms with E-state index in [1.54, 1.807) is 36.4 Å². The van der Waals surface area contributed by atoms with Crippen LogP contribution in [0.4, 0.5) is 11.4 Å². The Morgan fingerprint density at radius 2 is 1.96 bits per heavy atom. The van der Waals surface area contributed by atoms with Crippen molar-refractivity contribution in [3.05, 3.63) is 58.6 Å². The second-order valence-electron chi connectivity index (χ2n) is 5.72. The first-order valence-electron chi connectivity index (χ1n) is 7.53. The topological polar surface area (TPSA) is 66.5 Å².